The molecule has 1 atom stereocenters. The number of ketones is 1. The summed E-state index contributed by atoms with van der Waals surface area (Å²) in [6, 6.07) is 9.20. The average molecular weight is 301 g/mol. The Morgan fingerprint density at radius 1 is 1.32 bits per heavy atom. The molecule has 1 aromatic carbocycles. The second kappa shape index (κ2) is 5.75. The van der Waals surface area contributed by atoms with Crippen LogP contribution in [0.25, 0.3) is 0 Å². The normalized spacial score (nSPS) is 20.8. The Bertz CT molecular complexity index is 691. The molecule has 1 aliphatic carbocycles. The van der Waals surface area contributed by atoms with Gasteiger partial charge in [0.2, 0.25) is 0 Å². The van der Waals surface area contributed by atoms with E-state index in [1.54, 1.807) is 0 Å². The summed E-state index contributed by atoms with van der Waals surface area (Å²) in [5.74, 6) is -1.18. The van der Waals surface area contributed by atoms with Gasteiger partial charge in [-0.1, -0.05) is 30.3 Å². The molecule has 114 valence electrons. The molecule has 0 unspecified atom stereocenters. The Hall–Kier alpha value is -2.43. The lowest BCUT2D eigenvalue weighted by atomic mass is 9.80. The molecule has 1 N–H and O–H groups in total. The fraction of sp³-hybridized carbons (Fsp3) is 0.294. The highest BCUT2D eigenvalue weighted by molar-refractivity contribution is 6.05. The summed E-state index contributed by atoms with van der Waals surface area (Å²) < 4.78 is 18.3. The lowest BCUT2D eigenvalue weighted by Gasteiger charge is -2.29. The fourth-order valence-corrected chi connectivity index (χ4v) is 3.14. The van der Waals surface area contributed by atoms with E-state index in [-0.39, 0.29) is 17.1 Å². The minimum atomic E-state index is -0.807. The van der Waals surface area contributed by atoms with E-state index in [1.807, 2.05) is 30.3 Å². The van der Waals surface area contributed by atoms with Gasteiger partial charge in [-0.05, 0) is 12.0 Å². The number of esters is 1. The van der Waals surface area contributed by atoms with Crippen LogP contribution < -0.4 is 5.32 Å². The molecule has 1 aromatic rings. The fourth-order valence-electron chi connectivity index (χ4n) is 3.14. The van der Waals surface area contributed by atoms with Crippen LogP contribution in [0.4, 0.5) is 4.39 Å². The highest BCUT2D eigenvalue weighted by Crippen LogP contribution is 2.43. The first-order valence-corrected chi connectivity index (χ1v) is 7.13. The third-order valence-electron chi connectivity index (χ3n) is 4.10. The number of carbonyl (C=O) groups is 2. The smallest absolute Gasteiger partial charge is 0.336 e. The van der Waals surface area contributed by atoms with Gasteiger partial charge in [0.05, 0.1) is 18.4 Å². The van der Waals surface area contributed by atoms with E-state index in [4.69, 9.17) is 4.74 Å². The summed E-state index contributed by atoms with van der Waals surface area (Å²) in [5.41, 5.74) is 2.44. The number of allylic oxidation sites excluding steroid dienone is 3. The summed E-state index contributed by atoms with van der Waals surface area (Å²) in [4.78, 5) is 24.5. The Kier molecular flexibility index (Phi) is 3.79. The molecule has 3 rings (SSSR count). The standard InChI is InChI=1S/C17H16FNO3/c1-22-17(21)16-12(9-18)19-11-7-8-13(20)15(11)14(16)10-5-3-2-4-6-10/h2-6,14,19H,7-9H2,1H3/t14-/m1/s1. The number of rotatable bonds is 3. The number of hydrogen-bond acceptors (Lipinski definition) is 4. The highest BCUT2D eigenvalue weighted by Gasteiger charge is 2.40. The van der Waals surface area contributed by atoms with Crippen LogP contribution in [0.1, 0.15) is 24.3 Å². The van der Waals surface area contributed by atoms with Crippen molar-refractivity contribution in [1.82, 2.24) is 5.32 Å². The number of ether oxygens (including phenoxy) is 1. The van der Waals surface area contributed by atoms with Crippen molar-refractivity contribution in [3.05, 3.63) is 58.4 Å². The first-order valence-electron chi connectivity index (χ1n) is 7.13. The van der Waals surface area contributed by atoms with Crippen LogP contribution in [0, 0.1) is 0 Å². The second-order valence-electron chi connectivity index (χ2n) is 5.30. The Morgan fingerprint density at radius 2 is 2.05 bits per heavy atom. The quantitative estimate of drug-likeness (QED) is 0.871. The second-order valence-corrected chi connectivity index (χ2v) is 5.30. The van der Waals surface area contributed by atoms with Gasteiger partial charge in [-0.25, -0.2) is 9.18 Å². The molecule has 0 bridgehead atoms. The van der Waals surface area contributed by atoms with Crippen molar-refractivity contribution in [3.63, 3.8) is 0 Å². The van der Waals surface area contributed by atoms with Crippen molar-refractivity contribution >= 4 is 11.8 Å². The van der Waals surface area contributed by atoms with Crippen molar-refractivity contribution in [2.24, 2.45) is 0 Å². The third-order valence-corrected chi connectivity index (χ3v) is 4.10. The number of halogens is 1. The van der Waals surface area contributed by atoms with E-state index >= 15 is 0 Å². The van der Waals surface area contributed by atoms with Crippen LogP contribution in [0.15, 0.2) is 52.9 Å². The molecule has 4 nitrogen and oxygen atoms in total. The molecule has 0 spiro atoms. The van der Waals surface area contributed by atoms with Gasteiger partial charge in [-0.3, -0.25) is 4.79 Å². The first-order chi connectivity index (χ1) is 10.7. The van der Waals surface area contributed by atoms with E-state index in [0.717, 1.165) is 11.3 Å². The van der Waals surface area contributed by atoms with Crippen molar-refractivity contribution < 1.29 is 18.7 Å². The molecule has 0 aromatic heterocycles. The van der Waals surface area contributed by atoms with Crippen LogP contribution >= 0.6 is 0 Å². The maximum absolute atomic E-state index is 13.4. The van der Waals surface area contributed by atoms with Crippen LogP contribution in [0.3, 0.4) is 0 Å². The first kappa shape index (κ1) is 14.5. The van der Waals surface area contributed by atoms with Gasteiger partial charge in [0.15, 0.2) is 5.78 Å². The number of methoxy groups -OCH3 is 1. The number of benzene rings is 1. The molecular formula is C17H16FNO3. The summed E-state index contributed by atoms with van der Waals surface area (Å²) in [6.45, 7) is -0.807. The molecule has 22 heavy (non-hydrogen) atoms. The van der Waals surface area contributed by atoms with E-state index < -0.39 is 18.6 Å². The molecule has 0 saturated heterocycles. The number of hydrogen-bond donors (Lipinski definition) is 1. The minimum absolute atomic E-state index is 0.00401. The predicted octanol–water partition coefficient (Wildman–Crippen LogP) is 2.39. The summed E-state index contributed by atoms with van der Waals surface area (Å²) in [7, 11) is 1.26. The minimum Gasteiger partial charge on any atom is -0.466 e. The Morgan fingerprint density at radius 3 is 2.68 bits per heavy atom. The zero-order valence-corrected chi connectivity index (χ0v) is 12.2. The van der Waals surface area contributed by atoms with Crippen molar-refractivity contribution in [3.8, 4) is 0 Å². The molecule has 2 aliphatic rings. The van der Waals surface area contributed by atoms with E-state index in [9.17, 15) is 14.0 Å². The molecule has 0 fully saturated rings. The van der Waals surface area contributed by atoms with E-state index in [1.165, 1.54) is 7.11 Å². The van der Waals surface area contributed by atoms with Crippen LogP contribution in [-0.2, 0) is 14.3 Å². The largest absolute Gasteiger partial charge is 0.466 e. The summed E-state index contributed by atoms with van der Waals surface area (Å²) in [6.07, 6.45) is 0.935. The van der Waals surface area contributed by atoms with Crippen LogP contribution in [-0.4, -0.2) is 25.5 Å². The maximum atomic E-state index is 13.4. The lowest BCUT2D eigenvalue weighted by molar-refractivity contribution is -0.136. The number of Topliss-reactive ketones (excluding diaryl/α,β-unsaturated/α-hetero) is 1. The molecule has 1 heterocycles. The summed E-state index contributed by atoms with van der Waals surface area (Å²) >= 11 is 0. The van der Waals surface area contributed by atoms with Gasteiger partial charge < -0.3 is 10.1 Å². The van der Waals surface area contributed by atoms with Crippen LogP contribution in [0.2, 0.25) is 0 Å². The Balaban J connectivity index is 2.19. The van der Waals surface area contributed by atoms with Crippen molar-refractivity contribution in [1.29, 1.82) is 0 Å². The predicted molar refractivity (Wildman–Crippen MR) is 78.6 cm³/mol. The van der Waals surface area contributed by atoms with Gasteiger partial charge in [-0.2, -0.15) is 0 Å². The number of nitrogens with one attached hydrogen (secondary N) is 1. The molecule has 0 saturated carbocycles. The SMILES string of the molecule is COC(=O)C1=C(CF)NC2=C(C(=O)CC2)[C@H]1c1ccccc1. The summed E-state index contributed by atoms with van der Waals surface area (Å²) in [5, 5.41) is 2.92. The topological polar surface area (TPSA) is 55.4 Å². The zero-order chi connectivity index (χ0) is 15.7. The molecule has 0 amide bonds. The van der Waals surface area contributed by atoms with E-state index in [2.05, 4.69) is 5.32 Å². The third kappa shape index (κ3) is 2.22. The van der Waals surface area contributed by atoms with Gasteiger partial charge in [0.25, 0.3) is 0 Å². The monoisotopic (exact) mass is 301 g/mol. The molecule has 5 heteroatoms. The van der Waals surface area contributed by atoms with Gasteiger partial charge in [-0.15, -0.1) is 0 Å². The molecular weight excluding hydrogens is 285 g/mol. The number of carbonyl (C=O) groups excluding carboxylic acids is 2. The highest BCUT2D eigenvalue weighted by atomic mass is 19.1. The van der Waals surface area contributed by atoms with Crippen LogP contribution in [0.5, 0.6) is 0 Å². The van der Waals surface area contributed by atoms with Gasteiger partial charge in [0.1, 0.15) is 6.67 Å². The average Bonchev–Trinajstić information content (AvgIpc) is 2.94. The lowest BCUT2D eigenvalue weighted by Crippen LogP contribution is -2.31. The number of alkyl halides is 1. The Labute approximate surface area is 127 Å². The van der Waals surface area contributed by atoms with E-state index in [0.29, 0.717) is 18.4 Å². The zero-order valence-electron chi connectivity index (χ0n) is 12.2. The number of dihydropyridines is 1. The molecule has 1 aliphatic heterocycles. The van der Waals surface area contributed by atoms with Crippen molar-refractivity contribution in [2.75, 3.05) is 13.8 Å². The van der Waals surface area contributed by atoms with Crippen molar-refractivity contribution in [2.45, 2.75) is 18.8 Å². The van der Waals surface area contributed by atoms with Gasteiger partial charge >= 0.3 is 5.97 Å². The molecule has 0 radical (unpaired) electrons. The van der Waals surface area contributed by atoms with Gasteiger partial charge in [0, 0.05) is 23.6 Å². The maximum Gasteiger partial charge on any atom is 0.336 e.